The van der Waals surface area contributed by atoms with Gasteiger partial charge >= 0.3 is 0 Å². The minimum atomic E-state index is 0.352. The van der Waals surface area contributed by atoms with Gasteiger partial charge in [0.15, 0.2) is 0 Å². The van der Waals surface area contributed by atoms with Crippen molar-refractivity contribution in [2.24, 2.45) is 15.5 Å². The number of ether oxygens (including phenoxy) is 6. The van der Waals surface area contributed by atoms with Crippen molar-refractivity contribution >= 4 is 17.1 Å². The van der Waals surface area contributed by atoms with Crippen molar-refractivity contribution in [2.75, 3.05) is 61.0 Å². The number of methoxy groups -OCH3 is 3. The summed E-state index contributed by atoms with van der Waals surface area (Å²) in [6, 6.07) is 46.8. The van der Waals surface area contributed by atoms with Gasteiger partial charge in [0, 0.05) is 70.8 Å². The van der Waals surface area contributed by atoms with Gasteiger partial charge in [-0.25, -0.2) is 0 Å². The van der Waals surface area contributed by atoms with Gasteiger partial charge in [-0.1, -0.05) is 106 Å². The smallest absolute Gasteiger partial charge is 0.132 e. The molecule has 0 bridgehead atoms. The SMILES string of the molecule is COc1ccc2c(c1)OCCCO/N=C(/c1ccccc1)c1ccc(OC)cc1OCCCO/N=C\2c1ccccc1.COc1ccc2c(c1)OCCCO/N=C\2c1ccccc1. The summed E-state index contributed by atoms with van der Waals surface area (Å²) < 4.78 is 34.6. The van der Waals surface area contributed by atoms with Crippen LogP contribution in [0.25, 0.3) is 0 Å². The van der Waals surface area contributed by atoms with E-state index in [2.05, 4.69) is 15.5 Å². The second kappa shape index (κ2) is 22.9. The Kier molecular flexibility index (Phi) is 15.9. The summed E-state index contributed by atoms with van der Waals surface area (Å²) in [5, 5.41) is 13.4. The van der Waals surface area contributed by atoms with Crippen molar-refractivity contribution in [3.63, 3.8) is 0 Å². The molecule has 2 heterocycles. The second-order valence-corrected chi connectivity index (χ2v) is 14.1. The first-order chi connectivity index (χ1) is 31.1. The third-order valence-corrected chi connectivity index (χ3v) is 9.85. The van der Waals surface area contributed by atoms with Crippen LogP contribution < -0.4 is 28.4 Å². The zero-order chi connectivity index (χ0) is 43.5. The molecule has 2 aliphatic rings. The standard InChI is InChI=1S/C34H34N2O6.C17H17NO3/c1-37-27-15-17-29-31(23-27)39-19-9-21-42-36-34(26-13-7-4-8-14-26)30-18-16-28(38-2)24-32(30)40-20-10-22-41-35-33(29)25-11-5-3-6-12-25;1-19-14-8-9-15-16(12-14)20-10-5-11-21-18-17(15)13-6-3-2-4-7-13/h3-8,11-18,23-24H,9-10,19-22H2,1-2H3;2-4,6-9,12H,5,10-11H2,1H3/b35-33-,36-34-;18-17-. The normalized spacial score (nSPS) is 16.9. The molecule has 0 spiro atoms. The fourth-order valence-electron chi connectivity index (χ4n) is 6.64. The molecule has 0 radical (unpaired) electrons. The highest BCUT2D eigenvalue weighted by Gasteiger charge is 2.19. The fraction of sp³-hybridized carbons (Fsp3) is 0.235. The average Bonchev–Trinajstić information content (AvgIpc) is 3.45. The summed E-state index contributed by atoms with van der Waals surface area (Å²) in [6.07, 6.45) is 1.99. The van der Waals surface area contributed by atoms with Crippen molar-refractivity contribution < 1.29 is 42.9 Å². The maximum Gasteiger partial charge on any atom is 0.132 e. The van der Waals surface area contributed by atoms with Gasteiger partial charge < -0.3 is 42.9 Å². The first-order valence-electron chi connectivity index (χ1n) is 20.8. The molecule has 0 saturated heterocycles. The van der Waals surface area contributed by atoms with Crippen LogP contribution in [-0.4, -0.2) is 78.1 Å². The quantitative estimate of drug-likeness (QED) is 0.161. The highest BCUT2D eigenvalue weighted by molar-refractivity contribution is 6.15. The Hall–Kier alpha value is -7.47. The predicted octanol–water partition coefficient (Wildman–Crippen LogP) is 9.74. The highest BCUT2D eigenvalue weighted by atomic mass is 16.6. The number of hydrogen-bond acceptors (Lipinski definition) is 12. The van der Waals surface area contributed by atoms with Crippen LogP contribution in [0.2, 0.25) is 0 Å². The molecule has 0 fully saturated rings. The topological polar surface area (TPSA) is 120 Å². The lowest BCUT2D eigenvalue weighted by atomic mass is 10.0. The van der Waals surface area contributed by atoms with Crippen molar-refractivity contribution in [1.82, 2.24) is 0 Å². The van der Waals surface area contributed by atoms with Crippen LogP contribution in [0.3, 0.4) is 0 Å². The molecule has 8 rings (SSSR count). The first-order valence-corrected chi connectivity index (χ1v) is 20.8. The van der Waals surface area contributed by atoms with Gasteiger partial charge in [-0.15, -0.1) is 0 Å². The molecule has 0 amide bonds. The van der Waals surface area contributed by atoms with E-state index in [4.69, 9.17) is 42.9 Å². The molecule has 6 aromatic carbocycles. The van der Waals surface area contributed by atoms with Crippen molar-refractivity contribution in [3.05, 3.63) is 179 Å². The molecule has 63 heavy (non-hydrogen) atoms. The van der Waals surface area contributed by atoms with Gasteiger partial charge in [-0.3, -0.25) is 0 Å². The Labute approximate surface area is 368 Å². The molecule has 0 unspecified atom stereocenters. The molecule has 0 aliphatic carbocycles. The number of benzene rings is 6. The van der Waals surface area contributed by atoms with Crippen LogP contribution in [-0.2, 0) is 14.5 Å². The molecule has 0 N–H and O–H groups in total. The fourth-order valence-corrected chi connectivity index (χ4v) is 6.64. The zero-order valence-corrected chi connectivity index (χ0v) is 35.7. The summed E-state index contributed by atoms with van der Waals surface area (Å²) in [5.41, 5.74) is 7.41. The van der Waals surface area contributed by atoms with Crippen molar-refractivity contribution in [1.29, 1.82) is 0 Å². The zero-order valence-electron chi connectivity index (χ0n) is 35.7. The van der Waals surface area contributed by atoms with E-state index < -0.39 is 0 Å². The molecule has 12 heteroatoms. The van der Waals surface area contributed by atoms with E-state index in [-0.39, 0.29) is 0 Å². The molecule has 2 aliphatic heterocycles. The molecule has 324 valence electrons. The lowest BCUT2D eigenvalue weighted by molar-refractivity contribution is 0.125. The van der Waals surface area contributed by atoms with Gasteiger partial charge in [-0.2, -0.15) is 0 Å². The monoisotopic (exact) mass is 849 g/mol. The Morgan fingerprint density at radius 2 is 0.635 bits per heavy atom. The van der Waals surface area contributed by atoms with Crippen molar-refractivity contribution in [3.8, 4) is 34.5 Å². The largest absolute Gasteiger partial charge is 0.497 e. The lowest BCUT2D eigenvalue weighted by Crippen LogP contribution is -2.12. The molecule has 6 aromatic rings. The van der Waals surface area contributed by atoms with Crippen LogP contribution in [0.1, 0.15) is 52.6 Å². The Morgan fingerprint density at radius 1 is 0.349 bits per heavy atom. The van der Waals surface area contributed by atoms with Crippen molar-refractivity contribution in [2.45, 2.75) is 19.3 Å². The molecule has 0 atom stereocenters. The van der Waals surface area contributed by atoms with Gasteiger partial charge in [0.2, 0.25) is 0 Å². The maximum absolute atomic E-state index is 6.24. The van der Waals surface area contributed by atoms with E-state index in [1.807, 2.05) is 146 Å². The molecule has 0 aromatic heterocycles. The third kappa shape index (κ3) is 11.9. The van der Waals surface area contributed by atoms with Gasteiger partial charge in [-0.05, 0) is 36.4 Å². The summed E-state index contributed by atoms with van der Waals surface area (Å²) >= 11 is 0. The van der Waals surface area contributed by atoms with E-state index in [1.165, 1.54) is 0 Å². The van der Waals surface area contributed by atoms with E-state index in [1.54, 1.807) is 21.3 Å². The second-order valence-electron chi connectivity index (χ2n) is 14.1. The number of nitrogens with zero attached hydrogens (tertiary/aromatic N) is 3. The molecular formula is C51H51N3O9. The Balaban J connectivity index is 0.000000236. The average molecular weight is 850 g/mol. The molecular weight excluding hydrogens is 799 g/mol. The van der Waals surface area contributed by atoms with Crippen LogP contribution in [0.5, 0.6) is 34.5 Å². The van der Waals surface area contributed by atoms with Gasteiger partial charge in [0.05, 0.1) is 41.2 Å². The molecule has 0 saturated carbocycles. The van der Waals surface area contributed by atoms with E-state index >= 15 is 0 Å². The number of oxime groups is 3. The Bertz CT molecular complexity index is 2350. The van der Waals surface area contributed by atoms with Gasteiger partial charge in [0.1, 0.15) is 71.5 Å². The van der Waals surface area contributed by atoms with E-state index in [0.717, 1.165) is 57.0 Å². The van der Waals surface area contributed by atoms with Crippen LogP contribution >= 0.6 is 0 Å². The lowest BCUT2D eigenvalue weighted by Gasteiger charge is -2.16. The number of rotatable bonds is 6. The summed E-state index contributed by atoms with van der Waals surface area (Å²) in [6.45, 7) is 2.64. The predicted molar refractivity (Wildman–Crippen MR) is 243 cm³/mol. The van der Waals surface area contributed by atoms with Gasteiger partial charge in [0.25, 0.3) is 0 Å². The Morgan fingerprint density at radius 3 is 0.905 bits per heavy atom. The third-order valence-electron chi connectivity index (χ3n) is 9.85. The number of fused-ring (bicyclic) bond motifs is 3. The summed E-state index contributed by atoms with van der Waals surface area (Å²) in [5.74, 6) is 4.18. The minimum Gasteiger partial charge on any atom is -0.497 e. The number of hydrogen-bond donors (Lipinski definition) is 0. The molecule has 12 nitrogen and oxygen atoms in total. The van der Waals surface area contributed by atoms with Crippen LogP contribution in [0, 0.1) is 0 Å². The highest BCUT2D eigenvalue weighted by Crippen LogP contribution is 2.31. The van der Waals surface area contributed by atoms with E-state index in [9.17, 15) is 0 Å². The summed E-state index contributed by atoms with van der Waals surface area (Å²) in [4.78, 5) is 17.1. The van der Waals surface area contributed by atoms with E-state index in [0.29, 0.717) is 86.9 Å². The maximum atomic E-state index is 6.24. The van der Waals surface area contributed by atoms with Crippen LogP contribution in [0.4, 0.5) is 0 Å². The summed E-state index contributed by atoms with van der Waals surface area (Å²) in [7, 11) is 4.90. The minimum absolute atomic E-state index is 0.352. The van der Waals surface area contributed by atoms with Crippen LogP contribution in [0.15, 0.2) is 161 Å². The first kappa shape index (κ1) is 43.6.